The molecule has 0 radical (unpaired) electrons. The van der Waals surface area contributed by atoms with Crippen LogP contribution in [-0.2, 0) is 29.5 Å². The van der Waals surface area contributed by atoms with Gasteiger partial charge in [0.05, 0.1) is 0 Å². The van der Waals surface area contributed by atoms with Gasteiger partial charge in [0.1, 0.15) is 23.4 Å². The van der Waals surface area contributed by atoms with Crippen LogP contribution < -0.4 is 0 Å². The van der Waals surface area contributed by atoms with Gasteiger partial charge in [0, 0.05) is 5.54 Å². The van der Waals surface area contributed by atoms with E-state index in [9.17, 15) is 0 Å². The second-order valence-corrected chi connectivity index (χ2v) is 19.1. The van der Waals surface area contributed by atoms with Crippen LogP contribution in [0.15, 0.2) is 133 Å². The van der Waals surface area contributed by atoms with E-state index in [4.69, 9.17) is 18.3 Å². The summed E-state index contributed by atoms with van der Waals surface area (Å²) < 4.78 is 31.3. The summed E-state index contributed by atoms with van der Waals surface area (Å²) in [6.07, 6.45) is 13.5. The normalized spacial score (nSPS) is 27.6. The van der Waals surface area contributed by atoms with Crippen LogP contribution in [-0.4, -0.2) is 26.6 Å². The van der Waals surface area contributed by atoms with Crippen molar-refractivity contribution in [3.8, 4) is 0 Å². The summed E-state index contributed by atoms with van der Waals surface area (Å²) in [6.45, 7) is 8.73. The van der Waals surface area contributed by atoms with E-state index >= 15 is 0 Å². The first kappa shape index (κ1) is 36.1. The van der Waals surface area contributed by atoms with Crippen molar-refractivity contribution in [3.05, 3.63) is 155 Å². The fourth-order valence-corrected chi connectivity index (χ4v) is 13.0. The minimum absolute atomic E-state index is 0.0714. The van der Waals surface area contributed by atoms with Gasteiger partial charge in [-0.3, -0.25) is 0 Å². The topological polar surface area (TPSA) is 36.9 Å². The average molecular weight is 701 g/mol. The van der Waals surface area contributed by atoms with Crippen molar-refractivity contribution in [1.29, 1.82) is 0 Å². The van der Waals surface area contributed by atoms with Gasteiger partial charge in [0.2, 0.25) is 0 Å². The second-order valence-electron chi connectivity index (χ2n) is 15.5. The van der Waals surface area contributed by atoms with Gasteiger partial charge in [0.25, 0.3) is 0 Å². The molecule has 2 saturated heterocycles. The Balaban J connectivity index is 1.59. The zero-order valence-corrected chi connectivity index (χ0v) is 32.1. The Kier molecular flexibility index (Phi) is 10.8. The van der Waals surface area contributed by atoms with Crippen molar-refractivity contribution in [2.24, 2.45) is 0 Å². The SMILES string of the molecule is CC(C)[Si]1(/C2=C/CCCCCCCCCC2)OC(c2ccccc2)(c2ccccc2)C2OC(C)(C)OC2C(c2ccccc2)(c2ccccc2)O1. The van der Waals surface area contributed by atoms with Crippen molar-refractivity contribution in [3.63, 3.8) is 0 Å². The number of hydrogen-bond acceptors (Lipinski definition) is 4. The third kappa shape index (κ3) is 6.84. The summed E-state index contributed by atoms with van der Waals surface area (Å²) in [6, 6.07) is 43.1. The van der Waals surface area contributed by atoms with E-state index in [1.807, 2.05) is 13.8 Å². The molecule has 0 amide bonds. The van der Waals surface area contributed by atoms with Crippen LogP contribution in [0.3, 0.4) is 0 Å². The maximum absolute atomic E-state index is 8.33. The average Bonchev–Trinajstić information content (AvgIpc) is 3.44. The molecule has 3 aliphatic rings. The minimum atomic E-state index is -3.45. The minimum Gasteiger partial charge on any atom is -0.374 e. The van der Waals surface area contributed by atoms with Crippen molar-refractivity contribution >= 4 is 8.56 Å². The van der Waals surface area contributed by atoms with E-state index in [-0.39, 0.29) is 5.54 Å². The van der Waals surface area contributed by atoms with Crippen molar-refractivity contribution in [1.82, 2.24) is 0 Å². The fourth-order valence-electron chi connectivity index (χ4n) is 8.89. The molecular formula is C46H56O4Si. The maximum atomic E-state index is 8.33. The van der Waals surface area contributed by atoms with Gasteiger partial charge in [0.15, 0.2) is 5.79 Å². The van der Waals surface area contributed by atoms with Crippen LogP contribution in [0.5, 0.6) is 0 Å². The van der Waals surface area contributed by atoms with E-state index in [1.165, 1.54) is 50.1 Å². The number of fused-ring (bicyclic) bond motifs is 1. The van der Waals surface area contributed by atoms with Gasteiger partial charge in [-0.1, -0.05) is 180 Å². The Bertz CT molecular complexity index is 1540. The maximum Gasteiger partial charge on any atom is 0.372 e. The predicted molar refractivity (Wildman–Crippen MR) is 208 cm³/mol. The standard InChI is InChI=1S/C46H56O4Si/c1-36(2)51(41-34-24-10-8-6-5-7-9-11-25-35-41)49-45(37-26-16-12-17-27-37,38-28-18-13-19-29-38)42-43(48-44(3,4)47-42)46(50-51,39-30-20-14-21-31-39)40-32-22-15-23-33-40/h12-23,26-34,36,42-43H,5-11,24-25,35H2,1-4H3/b41-34+. The van der Waals surface area contributed by atoms with Crippen molar-refractivity contribution in [2.45, 2.75) is 127 Å². The molecule has 0 N–H and O–H groups in total. The zero-order chi connectivity index (χ0) is 35.4. The van der Waals surface area contributed by atoms with Gasteiger partial charge in [-0.2, -0.15) is 0 Å². The molecule has 2 unspecified atom stereocenters. The summed E-state index contributed by atoms with van der Waals surface area (Å²) in [4.78, 5) is 0. The number of ether oxygens (including phenoxy) is 2. The highest BCUT2D eigenvalue weighted by Gasteiger charge is 2.71. The lowest BCUT2D eigenvalue weighted by atomic mass is 9.72. The molecule has 0 bridgehead atoms. The summed E-state index contributed by atoms with van der Waals surface area (Å²) >= 11 is 0. The van der Waals surface area contributed by atoms with Crippen LogP contribution in [0, 0.1) is 0 Å². The summed E-state index contributed by atoms with van der Waals surface area (Å²) in [5, 5.41) is 1.37. The van der Waals surface area contributed by atoms with Gasteiger partial charge in [-0.05, 0) is 67.0 Å². The Morgan fingerprint density at radius 3 is 1.24 bits per heavy atom. The Morgan fingerprint density at radius 1 is 0.510 bits per heavy atom. The highest BCUT2D eigenvalue weighted by molar-refractivity contribution is 6.76. The van der Waals surface area contributed by atoms with Gasteiger partial charge < -0.3 is 18.3 Å². The molecule has 5 heteroatoms. The molecule has 1 aliphatic carbocycles. The van der Waals surface area contributed by atoms with Gasteiger partial charge in [-0.25, -0.2) is 0 Å². The molecule has 7 rings (SSSR count). The Labute approximate surface area is 307 Å². The zero-order valence-electron chi connectivity index (χ0n) is 31.1. The molecule has 0 saturated carbocycles. The van der Waals surface area contributed by atoms with Crippen LogP contribution >= 0.6 is 0 Å². The Morgan fingerprint density at radius 2 is 0.863 bits per heavy atom. The summed E-state index contributed by atoms with van der Waals surface area (Å²) in [7, 11) is -3.45. The Hall–Kier alpha value is -3.32. The van der Waals surface area contributed by atoms with Gasteiger partial charge in [-0.15, -0.1) is 0 Å². The number of rotatable bonds is 6. The molecule has 51 heavy (non-hydrogen) atoms. The first-order valence-electron chi connectivity index (χ1n) is 19.5. The van der Waals surface area contributed by atoms with E-state index in [0.717, 1.165) is 41.5 Å². The molecule has 2 heterocycles. The van der Waals surface area contributed by atoms with Crippen LogP contribution in [0.4, 0.5) is 0 Å². The molecule has 2 fully saturated rings. The van der Waals surface area contributed by atoms with Crippen LogP contribution in [0.25, 0.3) is 0 Å². The molecule has 0 aromatic heterocycles. The molecule has 4 aromatic carbocycles. The summed E-state index contributed by atoms with van der Waals surface area (Å²) in [5.74, 6) is -0.905. The largest absolute Gasteiger partial charge is 0.374 e. The lowest BCUT2D eigenvalue weighted by Gasteiger charge is -2.47. The third-order valence-corrected chi connectivity index (χ3v) is 15.5. The summed E-state index contributed by atoms with van der Waals surface area (Å²) in [5.41, 5.74) is 2.22. The van der Waals surface area contributed by atoms with Crippen LogP contribution in [0.1, 0.15) is 114 Å². The molecule has 0 spiro atoms. The third-order valence-electron chi connectivity index (χ3n) is 11.3. The van der Waals surface area contributed by atoms with Crippen molar-refractivity contribution in [2.75, 3.05) is 0 Å². The first-order chi connectivity index (χ1) is 24.8. The first-order valence-corrected chi connectivity index (χ1v) is 21.4. The molecule has 2 aliphatic heterocycles. The van der Waals surface area contributed by atoms with Gasteiger partial charge >= 0.3 is 8.56 Å². The molecule has 4 aromatic rings. The number of allylic oxidation sites excluding steroid dienone is 2. The van der Waals surface area contributed by atoms with E-state index in [2.05, 4.69) is 141 Å². The van der Waals surface area contributed by atoms with E-state index in [1.54, 1.807) is 0 Å². The lowest BCUT2D eigenvalue weighted by Crippen LogP contribution is -2.57. The molecular weight excluding hydrogens is 645 g/mol. The molecule has 268 valence electrons. The molecule has 2 atom stereocenters. The van der Waals surface area contributed by atoms with Crippen LogP contribution in [0.2, 0.25) is 5.54 Å². The number of benzene rings is 4. The highest BCUT2D eigenvalue weighted by atomic mass is 28.4. The highest BCUT2D eigenvalue weighted by Crippen LogP contribution is 2.60. The lowest BCUT2D eigenvalue weighted by molar-refractivity contribution is -0.180. The number of hydrogen-bond donors (Lipinski definition) is 0. The monoisotopic (exact) mass is 700 g/mol. The second kappa shape index (κ2) is 15.3. The smallest absolute Gasteiger partial charge is 0.372 e. The predicted octanol–water partition coefficient (Wildman–Crippen LogP) is 11.7. The van der Waals surface area contributed by atoms with E-state index in [0.29, 0.717) is 0 Å². The fraction of sp³-hybridized carbons (Fsp3) is 0.435. The van der Waals surface area contributed by atoms with E-state index < -0.39 is 37.8 Å². The van der Waals surface area contributed by atoms with Crippen molar-refractivity contribution < 1.29 is 18.3 Å². The quantitative estimate of drug-likeness (QED) is 0.188. The molecule has 4 nitrogen and oxygen atoms in total.